The Morgan fingerprint density at radius 3 is 2.31 bits per heavy atom. The number of carbonyl (C=O) groups is 3. The van der Waals surface area contributed by atoms with Crippen molar-refractivity contribution in [2.45, 2.75) is 58.6 Å². The summed E-state index contributed by atoms with van der Waals surface area (Å²) in [6.45, 7) is 6.41. The zero-order valence-corrected chi connectivity index (χ0v) is 18.8. The molecular weight excluding hydrogens is 406 g/mol. The van der Waals surface area contributed by atoms with Gasteiger partial charge < -0.3 is 9.84 Å². The van der Waals surface area contributed by atoms with Crippen molar-refractivity contribution in [3.63, 3.8) is 0 Å². The lowest BCUT2D eigenvalue weighted by molar-refractivity contribution is -0.148. The first-order valence-electron chi connectivity index (χ1n) is 11.2. The van der Waals surface area contributed by atoms with Gasteiger partial charge in [-0.25, -0.2) is 4.79 Å². The van der Waals surface area contributed by atoms with Crippen molar-refractivity contribution in [3.05, 3.63) is 64.7 Å². The van der Waals surface area contributed by atoms with Crippen molar-refractivity contribution < 1.29 is 24.2 Å². The van der Waals surface area contributed by atoms with E-state index in [-0.39, 0.29) is 11.7 Å². The van der Waals surface area contributed by atoms with Gasteiger partial charge in [0.15, 0.2) is 5.78 Å². The lowest BCUT2D eigenvalue weighted by Gasteiger charge is -2.28. The summed E-state index contributed by atoms with van der Waals surface area (Å²) in [5.41, 5.74) is 3.23. The molecule has 6 heteroatoms. The summed E-state index contributed by atoms with van der Waals surface area (Å²) in [5.74, 6) is -2.77. The van der Waals surface area contributed by atoms with E-state index >= 15 is 0 Å². The number of piperidine rings is 1. The Morgan fingerprint density at radius 1 is 1.00 bits per heavy atom. The molecule has 0 atom stereocenters. The first-order chi connectivity index (χ1) is 15.3. The third kappa shape index (κ3) is 6.50. The molecule has 0 spiro atoms. The first-order valence-corrected chi connectivity index (χ1v) is 11.2. The van der Waals surface area contributed by atoms with Crippen molar-refractivity contribution in [2.24, 2.45) is 0 Å². The molecular formula is C26H31NO5. The number of ether oxygens (including phenoxy) is 1. The molecule has 0 unspecified atom stereocenters. The van der Waals surface area contributed by atoms with Gasteiger partial charge in [0.05, 0.1) is 18.1 Å². The van der Waals surface area contributed by atoms with E-state index in [0.717, 1.165) is 42.6 Å². The van der Waals surface area contributed by atoms with Gasteiger partial charge in [-0.05, 0) is 63.4 Å². The second-order valence-electron chi connectivity index (χ2n) is 8.63. The molecule has 1 aliphatic rings. The maximum absolute atomic E-state index is 13.0. The van der Waals surface area contributed by atoms with Crippen LogP contribution < -0.4 is 4.74 Å². The summed E-state index contributed by atoms with van der Waals surface area (Å²) in [5, 5.41) is 8.97. The average Bonchev–Trinajstić information content (AvgIpc) is 2.76. The molecule has 170 valence electrons. The van der Waals surface area contributed by atoms with E-state index in [4.69, 9.17) is 9.84 Å². The summed E-state index contributed by atoms with van der Waals surface area (Å²) >= 11 is 0. The van der Waals surface area contributed by atoms with Gasteiger partial charge in [-0.3, -0.25) is 14.5 Å². The zero-order chi connectivity index (χ0) is 23.1. The molecule has 1 N–H and O–H groups in total. The number of Topliss-reactive ketones (excluding diaryl/α,β-unsaturated/α-hetero) is 2. The zero-order valence-electron chi connectivity index (χ0n) is 18.8. The van der Waals surface area contributed by atoms with Gasteiger partial charge in [-0.15, -0.1) is 0 Å². The van der Waals surface area contributed by atoms with Crippen LogP contribution in [-0.4, -0.2) is 46.7 Å². The Hall–Kier alpha value is -2.99. The van der Waals surface area contributed by atoms with Gasteiger partial charge in [0.1, 0.15) is 5.75 Å². The van der Waals surface area contributed by atoms with Crippen LogP contribution in [0.3, 0.4) is 0 Å². The van der Waals surface area contributed by atoms with Gasteiger partial charge in [-0.2, -0.15) is 0 Å². The third-order valence-electron chi connectivity index (χ3n) is 5.53. The van der Waals surface area contributed by atoms with E-state index in [1.807, 2.05) is 44.2 Å². The highest BCUT2D eigenvalue weighted by Gasteiger charge is 2.25. The molecule has 32 heavy (non-hydrogen) atoms. The lowest BCUT2D eigenvalue weighted by Crippen LogP contribution is -2.30. The van der Waals surface area contributed by atoms with E-state index in [9.17, 15) is 14.4 Å². The predicted molar refractivity (Wildman–Crippen MR) is 122 cm³/mol. The highest BCUT2D eigenvalue weighted by atomic mass is 16.5. The fourth-order valence-electron chi connectivity index (χ4n) is 4.06. The third-order valence-corrected chi connectivity index (χ3v) is 5.53. The van der Waals surface area contributed by atoms with Gasteiger partial charge in [-0.1, -0.05) is 42.8 Å². The van der Waals surface area contributed by atoms with Crippen LogP contribution in [0.1, 0.15) is 66.6 Å². The average molecular weight is 438 g/mol. The number of hydrogen-bond acceptors (Lipinski definition) is 5. The smallest absolute Gasteiger partial charge is 0.372 e. The normalized spacial score (nSPS) is 14.3. The molecule has 0 aliphatic carbocycles. The van der Waals surface area contributed by atoms with Crippen LogP contribution >= 0.6 is 0 Å². The minimum absolute atomic E-state index is 0.170. The summed E-state index contributed by atoms with van der Waals surface area (Å²) in [4.78, 5) is 38.2. The Kier molecular flexibility index (Phi) is 8.17. The SMILES string of the molecule is CC(C)Oc1c(CN2CCCCC2)cc(Cc2ccccc2)cc1C(=O)CC(=O)C(=O)O. The van der Waals surface area contributed by atoms with Crippen LogP contribution in [0, 0.1) is 0 Å². The Morgan fingerprint density at radius 2 is 1.69 bits per heavy atom. The molecule has 0 saturated carbocycles. The number of hydrogen-bond donors (Lipinski definition) is 1. The number of aliphatic carboxylic acids is 1. The largest absolute Gasteiger partial charge is 0.490 e. The minimum atomic E-state index is -1.60. The standard InChI is InChI=1S/C26H31NO5/c1-18(2)32-25-21(17-27-11-7-4-8-12-27)14-20(13-19-9-5-3-6-10-19)15-22(25)23(28)16-24(29)26(30)31/h3,5-6,9-10,14-15,18H,4,7-8,11-13,16-17H2,1-2H3,(H,30,31). The number of carbonyl (C=O) groups excluding carboxylic acids is 2. The number of benzene rings is 2. The summed E-state index contributed by atoms with van der Waals surface area (Å²) in [7, 11) is 0. The second kappa shape index (κ2) is 11.0. The minimum Gasteiger partial charge on any atom is -0.490 e. The van der Waals surface area contributed by atoms with Crippen LogP contribution in [0.25, 0.3) is 0 Å². The highest BCUT2D eigenvalue weighted by molar-refractivity contribution is 6.37. The number of rotatable bonds is 10. The fraction of sp³-hybridized carbons (Fsp3) is 0.423. The summed E-state index contributed by atoms with van der Waals surface area (Å²) in [6.07, 6.45) is 3.29. The number of likely N-dealkylation sites (tertiary alicyclic amines) is 1. The Balaban J connectivity index is 2.03. The van der Waals surface area contributed by atoms with Crippen LogP contribution in [0.15, 0.2) is 42.5 Å². The molecule has 6 nitrogen and oxygen atoms in total. The van der Waals surface area contributed by atoms with Crippen molar-refractivity contribution in [1.29, 1.82) is 0 Å². The maximum atomic E-state index is 13.0. The molecule has 1 heterocycles. The van der Waals surface area contributed by atoms with E-state index in [1.54, 1.807) is 6.07 Å². The van der Waals surface area contributed by atoms with Crippen LogP contribution in [0.4, 0.5) is 0 Å². The molecule has 2 aromatic rings. The second-order valence-corrected chi connectivity index (χ2v) is 8.63. The summed E-state index contributed by atoms with van der Waals surface area (Å²) in [6, 6.07) is 13.8. The first kappa shape index (κ1) is 23.7. The molecule has 3 rings (SSSR count). The monoisotopic (exact) mass is 437 g/mol. The van der Waals surface area contributed by atoms with Crippen molar-refractivity contribution in [1.82, 2.24) is 4.90 Å². The molecule has 1 fully saturated rings. The van der Waals surface area contributed by atoms with Crippen molar-refractivity contribution in [3.8, 4) is 5.75 Å². The number of ketones is 2. The van der Waals surface area contributed by atoms with E-state index in [1.165, 1.54) is 6.42 Å². The van der Waals surface area contributed by atoms with Crippen LogP contribution in [-0.2, 0) is 22.6 Å². The lowest BCUT2D eigenvalue weighted by atomic mass is 9.94. The Bertz CT molecular complexity index is 962. The van der Waals surface area contributed by atoms with Crippen LogP contribution in [0.2, 0.25) is 0 Å². The van der Waals surface area contributed by atoms with Crippen LogP contribution in [0.5, 0.6) is 5.75 Å². The fourth-order valence-corrected chi connectivity index (χ4v) is 4.06. The maximum Gasteiger partial charge on any atom is 0.372 e. The molecule has 2 aromatic carbocycles. The van der Waals surface area contributed by atoms with Gasteiger partial charge in [0.25, 0.3) is 0 Å². The number of carboxylic acids is 1. The van der Waals surface area contributed by atoms with Gasteiger partial charge in [0, 0.05) is 12.1 Å². The topological polar surface area (TPSA) is 83.9 Å². The molecule has 1 saturated heterocycles. The predicted octanol–water partition coefficient (Wildman–Crippen LogP) is 4.28. The molecule has 1 aliphatic heterocycles. The Labute approximate surface area is 189 Å². The van der Waals surface area contributed by atoms with Crippen molar-refractivity contribution >= 4 is 17.5 Å². The van der Waals surface area contributed by atoms with E-state index in [0.29, 0.717) is 18.7 Å². The quantitative estimate of drug-likeness (QED) is 0.339. The van der Waals surface area contributed by atoms with E-state index in [2.05, 4.69) is 11.0 Å². The highest BCUT2D eigenvalue weighted by Crippen LogP contribution is 2.31. The summed E-state index contributed by atoms with van der Waals surface area (Å²) < 4.78 is 6.08. The number of carboxylic acid groups (broad SMARTS) is 1. The molecule has 0 aromatic heterocycles. The molecule has 0 amide bonds. The van der Waals surface area contributed by atoms with Crippen molar-refractivity contribution in [2.75, 3.05) is 13.1 Å². The molecule has 0 radical (unpaired) electrons. The van der Waals surface area contributed by atoms with Gasteiger partial charge in [0.2, 0.25) is 5.78 Å². The number of nitrogens with zero attached hydrogens (tertiary/aromatic N) is 1. The van der Waals surface area contributed by atoms with E-state index < -0.39 is 24.0 Å². The van der Waals surface area contributed by atoms with Gasteiger partial charge >= 0.3 is 5.97 Å². The molecule has 0 bridgehead atoms.